The quantitative estimate of drug-likeness (QED) is 0.250. The maximum atomic E-state index is 8.46. The van der Waals surface area contributed by atoms with Gasteiger partial charge in [-0.1, -0.05) is 19.0 Å². The van der Waals surface area contributed by atoms with E-state index in [-0.39, 0.29) is 11.9 Å². The van der Waals surface area contributed by atoms with Crippen molar-refractivity contribution in [2.45, 2.75) is 38.8 Å². The highest BCUT2D eigenvalue weighted by atomic mass is 16.4. The molecule has 0 heterocycles. The van der Waals surface area contributed by atoms with Crippen LogP contribution in [-0.2, 0) is 0 Å². The maximum Gasteiger partial charge on any atom is 0.156 e. The van der Waals surface area contributed by atoms with Crippen molar-refractivity contribution in [1.82, 2.24) is 5.32 Å². The van der Waals surface area contributed by atoms with Gasteiger partial charge in [0.25, 0.3) is 0 Å². The molecular formula is C8H17N3O. The van der Waals surface area contributed by atoms with Crippen molar-refractivity contribution < 1.29 is 5.21 Å². The molecule has 0 aliphatic heterocycles. The fourth-order valence-corrected chi connectivity index (χ4v) is 1.29. The maximum absolute atomic E-state index is 8.46. The lowest BCUT2D eigenvalue weighted by atomic mass is 10.2. The summed E-state index contributed by atoms with van der Waals surface area (Å²) in [6.07, 6.45) is 2.06. The lowest BCUT2D eigenvalue weighted by molar-refractivity contribution is 0.314. The van der Waals surface area contributed by atoms with Crippen molar-refractivity contribution >= 4 is 5.84 Å². The number of nitrogens with zero attached hydrogens (tertiary/aromatic N) is 1. The third-order valence-electron chi connectivity index (χ3n) is 2.41. The normalized spacial score (nSPS) is 31.7. The largest absolute Gasteiger partial charge is 0.409 e. The summed E-state index contributed by atoms with van der Waals surface area (Å²) in [5, 5.41) is 14.8. The summed E-state index contributed by atoms with van der Waals surface area (Å²) >= 11 is 0. The summed E-state index contributed by atoms with van der Waals surface area (Å²) in [6, 6.07) is 0.597. The van der Waals surface area contributed by atoms with Crippen LogP contribution in [0.5, 0.6) is 0 Å². The Balaban J connectivity index is 2.35. The molecule has 1 saturated carbocycles. The molecule has 1 rings (SSSR count). The summed E-state index contributed by atoms with van der Waals surface area (Å²) in [7, 11) is 0. The van der Waals surface area contributed by atoms with E-state index in [4.69, 9.17) is 10.9 Å². The van der Waals surface area contributed by atoms with E-state index in [9.17, 15) is 0 Å². The van der Waals surface area contributed by atoms with Crippen molar-refractivity contribution in [3.63, 3.8) is 0 Å². The van der Waals surface area contributed by atoms with Gasteiger partial charge in [-0.25, -0.2) is 0 Å². The van der Waals surface area contributed by atoms with Crippen LogP contribution in [-0.4, -0.2) is 23.1 Å². The number of hydrogen-bond donors (Lipinski definition) is 3. The van der Waals surface area contributed by atoms with Crippen molar-refractivity contribution in [1.29, 1.82) is 0 Å². The van der Waals surface area contributed by atoms with Gasteiger partial charge in [-0.15, -0.1) is 0 Å². The third kappa shape index (κ3) is 2.11. The molecular weight excluding hydrogens is 154 g/mol. The van der Waals surface area contributed by atoms with E-state index in [0.29, 0.717) is 6.04 Å². The van der Waals surface area contributed by atoms with E-state index in [1.165, 1.54) is 6.42 Å². The predicted octanol–water partition coefficient (Wildman–Crippen LogP) is 0.509. The van der Waals surface area contributed by atoms with E-state index in [2.05, 4.69) is 17.4 Å². The summed E-state index contributed by atoms with van der Waals surface area (Å²) in [6.45, 7) is 4.21. The zero-order valence-corrected chi connectivity index (χ0v) is 7.62. The number of hydrogen-bond acceptors (Lipinski definition) is 3. The van der Waals surface area contributed by atoms with Gasteiger partial charge < -0.3 is 16.3 Å². The zero-order valence-electron chi connectivity index (χ0n) is 7.62. The van der Waals surface area contributed by atoms with Gasteiger partial charge in [0.05, 0.1) is 6.04 Å². The van der Waals surface area contributed by atoms with Gasteiger partial charge in [0.2, 0.25) is 0 Å². The van der Waals surface area contributed by atoms with Gasteiger partial charge in [-0.2, -0.15) is 0 Å². The molecule has 4 N–H and O–H groups in total. The van der Waals surface area contributed by atoms with Crippen molar-refractivity contribution in [3.8, 4) is 0 Å². The molecule has 0 aromatic heterocycles. The second-order valence-electron chi connectivity index (χ2n) is 3.47. The first-order valence-corrected chi connectivity index (χ1v) is 4.42. The second-order valence-corrected chi connectivity index (χ2v) is 3.47. The van der Waals surface area contributed by atoms with Crippen LogP contribution in [0.3, 0.4) is 0 Å². The topological polar surface area (TPSA) is 70.6 Å². The average Bonchev–Trinajstić information content (AvgIpc) is 2.76. The lowest BCUT2D eigenvalue weighted by Crippen LogP contribution is -2.42. The number of nitrogens with two attached hydrogens (primary N) is 1. The van der Waals surface area contributed by atoms with E-state index in [1.54, 1.807) is 0 Å². The number of rotatable bonds is 4. The summed E-state index contributed by atoms with van der Waals surface area (Å²) in [4.78, 5) is 0. The standard InChI is InChI=1S/C8H17N3O/c1-3-6(8(9)11-12)10-7-4-5(7)2/h5-7,10,12H,3-4H2,1-2H3,(H2,9,11). The Bertz CT molecular complexity index is 181. The number of amidine groups is 1. The molecule has 1 fully saturated rings. The van der Waals surface area contributed by atoms with Gasteiger partial charge in [-0.05, 0) is 18.8 Å². The van der Waals surface area contributed by atoms with Crippen LogP contribution in [0.2, 0.25) is 0 Å². The Labute approximate surface area is 72.8 Å². The zero-order chi connectivity index (χ0) is 9.14. The molecule has 1 aliphatic carbocycles. The molecule has 0 spiro atoms. The monoisotopic (exact) mass is 171 g/mol. The minimum atomic E-state index is 0.0324. The first-order valence-electron chi connectivity index (χ1n) is 4.42. The average molecular weight is 171 g/mol. The third-order valence-corrected chi connectivity index (χ3v) is 2.41. The second kappa shape index (κ2) is 3.76. The summed E-state index contributed by atoms with van der Waals surface area (Å²) in [5.74, 6) is 1.03. The number of nitrogens with one attached hydrogen (secondary N) is 1. The van der Waals surface area contributed by atoms with Crippen molar-refractivity contribution in [3.05, 3.63) is 0 Å². The molecule has 0 radical (unpaired) electrons. The van der Waals surface area contributed by atoms with E-state index in [1.807, 2.05) is 6.92 Å². The molecule has 4 nitrogen and oxygen atoms in total. The van der Waals surface area contributed by atoms with Crippen molar-refractivity contribution in [2.75, 3.05) is 0 Å². The lowest BCUT2D eigenvalue weighted by Gasteiger charge is -2.14. The molecule has 0 saturated heterocycles. The van der Waals surface area contributed by atoms with Crippen LogP contribution in [0.1, 0.15) is 26.7 Å². The fraction of sp³-hybridized carbons (Fsp3) is 0.875. The van der Waals surface area contributed by atoms with Gasteiger partial charge >= 0.3 is 0 Å². The highest BCUT2D eigenvalue weighted by Crippen LogP contribution is 2.29. The fourth-order valence-electron chi connectivity index (χ4n) is 1.29. The first kappa shape index (κ1) is 9.32. The molecule has 1 aliphatic rings. The Morgan fingerprint density at radius 2 is 2.42 bits per heavy atom. The molecule has 0 amide bonds. The molecule has 3 atom stereocenters. The first-order chi connectivity index (χ1) is 5.69. The molecule has 0 aromatic carbocycles. The highest BCUT2D eigenvalue weighted by molar-refractivity contribution is 5.85. The smallest absolute Gasteiger partial charge is 0.156 e. The molecule has 70 valence electrons. The predicted molar refractivity (Wildman–Crippen MR) is 48.2 cm³/mol. The van der Waals surface area contributed by atoms with Gasteiger partial charge in [0.1, 0.15) is 0 Å². The Kier molecular flexibility index (Phi) is 2.92. The minimum absolute atomic E-state index is 0.0324. The molecule has 4 heteroatoms. The van der Waals surface area contributed by atoms with Gasteiger partial charge in [-0.3, -0.25) is 0 Å². The van der Waals surface area contributed by atoms with Gasteiger partial charge in [0, 0.05) is 6.04 Å². The molecule has 0 aromatic rings. The van der Waals surface area contributed by atoms with E-state index >= 15 is 0 Å². The Hall–Kier alpha value is -0.770. The molecule has 12 heavy (non-hydrogen) atoms. The van der Waals surface area contributed by atoms with Crippen molar-refractivity contribution in [2.24, 2.45) is 16.8 Å². The summed E-state index contributed by atoms with van der Waals surface area (Å²) < 4.78 is 0. The highest BCUT2D eigenvalue weighted by Gasteiger charge is 2.34. The van der Waals surface area contributed by atoms with Crippen LogP contribution in [0.15, 0.2) is 5.16 Å². The summed E-state index contributed by atoms with van der Waals surface area (Å²) in [5.41, 5.74) is 5.49. The SMILES string of the molecule is CCC(NC1CC1C)C(N)=NO. The van der Waals surface area contributed by atoms with Crippen LogP contribution < -0.4 is 11.1 Å². The minimum Gasteiger partial charge on any atom is -0.409 e. The Morgan fingerprint density at radius 1 is 1.83 bits per heavy atom. The van der Waals surface area contributed by atoms with E-state index in [0.717, 1.165) is 12.3 Å². The van der Waals surface area contributed by atoms with Crippen LogP contribution in [0.25, 0.3) is 0 Å². The van der Waals surface area contributed by atoms with E-state index < -0.39 is 0 Å². The van der Waals surface area contributed by atoms with Gasteiger partial charge in [0.15, 0.2) is 5.84 Å². The molecule has 3 unspecified atom stereocenters. The number of oxime groups is 1. The van der Waals surface area contributed by atoms with Crippen LogP contribution in [0.4, 0.5) is 0 Å². The van der Waals surface area contributed by atoms with Crippen LogP contribution >= 0.6 is 0 Å². The Morgan fingerprint density at radius 3 is 2.75 bits per heavy atom. The molecule has 0 bridgehead atoms. The van der Waals surface area contributed by atoms with Crippen LogP contribution in [0, 0.1) is 5.92 Å².